The van der Waals surface area contributed by atoms with Crippen LogP contribution in [0.4, 0.5) is 0 Å². The van der Waals surface area contributed by atoms with Crippen molar-refractivity contribution in [1.82, 2.24) is 10.2 Å². The summed E-state index contributed by atoms with van der Waals surface area (Å²) in [6.07, 6.45) is 11.4. The molecule has 2 aliphatic rings. The monoisotopic (exact) mass is 238 g/mol. The second-order valence-corrected chi connectivity index (χ2v) is 6.18. The highest BCUT2D eigenvalue weighted by atomic mass is 15.1. The van der Waals surface area contributed by atoms with Crippen molar-refractivity contribution in [2.45, 2.75) is 63.8 Å². The van der Waals surface area contributed by atoms with E-state index in [-0.39, 0.29) is 0 Å². The van der Waals surface area contributed by atoms with E-state index >= 15 is 0 Å². The third-order valence-corrected chi connectivity index (χ3v) is 4.91. The Labute approximate surface area is 107 Å². The van der Waals surface area contributed by atoms with Gasteiger partial charge in [-0.1, -0.05) is 26.2 Å². The van der Waals surface area contributed by atoms with Crippen molar-refractivity contribution in [2.75, 3.05) is 26.7 Å². The lowest BCUT2D eigenvalue weighted by Gasteiger charge is -2.38. The number of hydrogen-bond acceptors (Lipinski definition) is 2. The fourth-order valence-corrected chi connectivity index (χ4v) is 3.27. The second kappa shape index (κ2) is 6.19. The van der Waals surface area contributed by atoms with Gasteiger partial charge in [-0.2, -0.15) is 0 Å². The van der Waals surface area contributed by atoms with Gasteiger partial charge in [0.1, 0.15) is 0 Å². The van der Waals surface area contributed by atoms with Crippen molar-refractivity contribution < 1.29 is 0 Å². The maximum absolute atomic E-state index is 3.64. The standard InChI is InChI=1S/C15H30N2/c1-3-17(13-14-7-8-14)12-11-15(16-2)9-5-4-6-10-15/h14,16H,3-13H2,1-2H3. The highest BCUT2D eigenvalue weighted by molar-refractivity contribution is 4.90. The molecule has 2 saturated carbocycles. The smallest absolute Gasteiger partial charge is 0.0190 e. The Morgan fingerprint density at radius 3 is 2.41 bits per heavy atom. The van der Waals surface area contributed by atoms with Crippen molar-refractivity contribution >= 4 is 0 Å². The maximum Gasteiger partial charge on any atom is 0.0190 e. The number of hydrogen-bond donors (Lipinski definition) is 1. The summed E-state index contributed by atoms with van der Waals surface area (Å²) >= 11 is 0. The van der Waals surface area contributed by atoms with Gasteiger partial charge in [0.15, 0.2) is 0 Å². The van der Waals surface area contributed by atoms with Crippen LogP contribution in [0.1, 0.15) is 58.3 Å². The summed E-state index contributed by atoms with van der Waals surface area (Å²) in [7, 11) is 2.17. The Morgan fingerprint density at radius 1 is 1.18 bits per heavy atom. The molecule has 1 N–H and O–H groups in total. The van der Waals surface area contributed by atoms with Crippen LogP contribution in [0.15, 0.2) is 0 Å². The first-order chi connectivity index (χ1) is 8.28. The molecule has 0 radical (unpaired) electrons. The topological polar surface area (TPSA) is 15.3 Å². The zero-order valence-corrected chi connectivity index (χ0v) is 11.8. The van der Waals surface area contributed by atoms with Crippen LogP contribution in [0.25, 0.3) is 0 Å². The molecule has 0 unspecified atom stereocenters. The van der Waals surface area contributed by atoms with Crippen LogP contribution >= 0.6 is 0 Å². The van der Waals surface area contributed by atoms with Gasteiger partial charge in [-0.15, -0.1) is 0 Å². The van der Waals surface area contributed by atoms with E-state index in [1.807, 2.05) is 0 Å². The first kappa shape index (κ1) is 13.4. The summed E-state index contributed by atoms with van der Waals surface area (Å²) in [5, 5.41) is 3.64. The van der Waals surface area contributed by atoms with E-state index in [1.54, 1.807) is 0 Å². The largest absolute Gasteiger partial charge is 0.314 e. The molecule has 2 rings (SSSR count). The average molecular weight is 238 g/mol. The number of nitrogens with one attached hydrogen (secondary N) is 1. The fourth-order valence-electron chi connectivity index (χ4n) is 3.27. The van der Waals surface area contributed by atoms with Crippen LogP contribution in [-0.2, 0) is 0 Å². The van der Waals surface area contributed by atoms with Gasteiger partial charge in [0, 0.05) is 12.1 Å². The van der Waals surface area contributed by atoms with Crippen LogP contribution < -0.4 is 5.32 Å². The van der Waals surface area contributed by atoms with Crippen molar-refractivity contribution in [3.05, 3.63) is 0 Å². The van der Waals surface area contributed by atoms with E-state index in [9.17, 15) is 0 Å². The summed E-state index contributed by atoms with van der Waals surface area (Å²) in [6.45, 7) is 6.20. The Kier molecular flexibility index (Phi) is 4.87. The van der Waals surface area contributed by atoms with Gasteiger partial charge in [-0.3, -0.25) is 0 Å². The molecule has 0 aromatic carbocycles. The molecule has 0 atom stereocenters. The van der Waals surface area contributed by atoms with Gasteiger partial charge >= 0.3 is 0 Å². The van der Waals surface area contributed by atoms with Gasteiger partial charge in [0.2, 0.25) is 0 Å². The van der Waals surface area contributed by atoms with Crippen LogP contribution in [0.2, 0.25) is 0 Å². The first-order valence-electron chi connectivity index (χ1n) is 7.69. The Hall–Kier alpha value is -0.0800. The SMILES string of the molecule is CCN(CCC1(NC)CCCCC1)CC1CC1. The van der Waals surface area contributed by atoms with E-state index in [4.69, 9.17) is 0 Å². The van der Waals surface area contributed by atoms with Gasteiger partial charge in [0.05, 0.1) is 0 Å². The highest BCUT2D eigenvalue weighted by Gasteiger charge is 2.31. The molecule has 100 valence electrons. The van der Waals surface area contributed by atoms with Crippen molar-refractivity contribution in [3.8, 4) is 0 Å². The summed E-state index contributed by atoms with van der Waals surface area (Å²) in [4.78, 5) is 2.67. The third-order valence-electron chi connectivity index (χ3n) is 4.91. The molecule has 0 bridgehead atoms. The summed E-state index contributed by atoms with van der Waals surface area (Å²) in [5.74, 6) is 1.03. The molecule has 0 spiro atoms. The van der Waals surface area contributed by atoms with Crippen LogP contribution in [0.5, 0.6) is 0 Å². The van der Waals surface area contributed by atoms with E-state index in [0.29, 0.717) is 5.54 Å². The molecule has 0 heterocycles. The second-order valence-electron chi connectivity index (χ2n) is 6.18. The zero-order chi connectivity index (χ0) is 12.1. The van der Waals surface area contributed by atoms with Crippen molar-refractivity contribution in [1.29, 1.82) is 0 Å². The minimum absolute atomic E-state index is 0.467. The Bertz CT molecular complexity index is 217. The molecule has 0 aliphatic heterocycles. The Balaban J connectivity index is 1.76. The molecule has 2 nitrogen and oxygen atoms in total. The molecular formula is C15H30N2. The van der Waals surface area contributed by atoms with E-state index < -0.39 is 0 Å². The molecule has 17 heavy (non-hydrogen) atoms. The summed E-state index contributed by atoms with van der Waals surface area (Å²) < 4.78 is 0. The molecule has 2 fully saturated rings. The van der Waals surface area contributed by atoms with Crippen LogP contribution in [0.3, 0.4) is 0 Å². The van der Waals surface area contributed by atoms with E-state index in [2.05, 4.69) is 24.2 Å². The Morgan fingerprint density at radius 2 is 1.88 bits per heavy atom. The summed E-state index contributed by atoms with van der Waals surface area (Å²) in [5.41, 5.74) is 0.467. The predicted molar refractivity (Wildman–Crippen MR) is 74.3 cm³/mol. The van der Waals surface area contributed by atoms with Gasteiger partial charge in [-0.05, 0) is 58.2 Å². The minimum Gasteiger partial charge on any atom is -0.314 e. The van der Waals surface area contributed by atoms with Crippen LogP contribution in [-0.4, -0.2) is 37.1 Å². The molecule has 0 aromatic heterocycles. The van der Waals surface area contributed by atoms with Crippen LogP contribution in [0, 0.1) is 5.92 Å². The minimum atomic E-state index is 0.467. The lowest BCUT2D eigenvalue weighted by molar-refractivity contribution is 0.182. The van der Waals surface area contributed by atoms with E-state index in [0.717, 1.165) is 5.92 Å². The van der Waals surface area contributed by atoms with Crippen molar-refractivity contribution in [2.24, 2.45) is 5.92 Å². The lowest BCUT2D eigenvalue weighted by atomic mass is 9.79. The van der Waals surface area contributed by atoms with Gasteiger partial charge in [-0.25, -0.2) is 0 Å². The van der Waals surface area contributed by atoms with E-state index in [1.165, 1.54) is 71.0 Å². The predicted octanol–water partition coefficient (Wildman–Crippen LogP) is 3.03. The highest BCUT2D eigenvalue weighted by Crippen LogP contribution is 2.32. The molecule has 0 amide bonds. The molecular weight excluding hydrogens is 208 g/mol. The van der Waals surface area contributed by atoms with Crippen molar-refractivity contribution in [3.63, 3.8) is 0 Å². The van der Waals surface area contributed by atoms with Gasteiger partial charge in [0.25, 0.3) is 0 Å². The fraction of sp³-hybridized carbons (Fsp3) is 1.00. The molecule has 2 heteroatoms. The zero-order valence-electron chi connectivity index (χ0n) is 11.8. The molecule has 0 aromatic rings. The number of nitrogens with zero attached hydrogens (tertiary/aromatic N) is 1. The maximum atomic E-state index is 3.64. The molecule has 0 saturated heterocycles. The number of rotatable bonds is 7. The summed E-state index contributed by atoms with van der Waals surface area (Å²) in [6, 6.07) is 0. The lowest BCUT2D eigenvalue weighted by Crippen LogP contribution is -2.47. The third kappa shape index (κ3) is 3.96. The quantitative estimate of drug-likeness (QED) is 0.733. The average Bonchev–Trinajstić information content (AvgIpc) is 3.19. The molecule has 2 aliphatic carbocycles. The first-order valence-corrected chi connectivity index (χ1v) is 7.69. The normalized spacial score (nSPS) is 24.2. The van der Waals surface area contributed by atoms with Gasteiger partial charge < -0.3 is 10.2 Å².